The lowest BCUT2D eigenvalue weighted by atomic mass is 9.85. The number of carboxylic acids is 1. The number of thioether (sulfide) groups is 1. The Labute approximate surface area is 179 Å². The van der Waals surface area contributed by atoms with Gasteiger partial charge in [0, 0.05) is 23.1 Å². The molecule has 1 fully saturated rings. The number of thiophene rings is 1. The van der Waals surface area contributed by atoms with E-state index in [0.29, 0.717) is 0 Å². The average Bonchev–Trinajstić information content (AvgIpc) is 3.21. The highest BCUT2D eigenvalue weighted by molar-refractivity contribution is 8.00. The van der Waals surface area contributed by atoms with Gasteiger partial charge in [0.1, 0.15) is 17.7 Å². The highest BCUT2D eigenvalue weighted by Crippen LogP contribution is 2.47. The first-order valence-electron chi connectivity index (χ1n) is 8.68. The third kappa shape index (κ3) is 3.67. The van der Waals surface area contributed by atoms with E-state index in [2.05, 4.69) is 5.32 Å². The van der Waals surface area contributed by atoms with Crippen LogP contribution in [0.5, 0.6) is 0 Å². The summed E-state index contributed by atoms with van der Waals surface area (Å²) in [7, 11) is 1.08. The molecule has 3 heterocycles. The maximum Gasteiger partial charge on any atom is 0.352 e. The Hall–Kier alpha value is -2.86. The highest BCUT2D eigenvalue weighted by Gasteiger charge is 2.70. The van der Waals surface area contributed by atoms with Crippen molar-refractivity contribution in [2.75, 3.05) is 19.5 Å². The summed E-state index contributed by atoms with van der Waals surface area (Å²) in [6, 6.07) is 3.51. The third-order valence-electron chi connectivity index (χ3n) is 4.56. The number of hydrogen-bond acceptors (Lipinski definition) is 9. The lowest BCUT2D eigenvalue weighted by molar-refractivity contribution is -0.174. The van der Waals surface area contributed by atoms with Gasteiger partial charge in [-0.2, -0.15) is 0 Å². The van der Waals surface area contributed by atoms with Crippen molar-refractivity contribution in [1.29, 1.82) is 0 Å². The average molecular weight is 454 g/mol. The van der Waals surface area contributed by atoms with Gasteiger partial charge >= 0.3 is 17.9 Å². The molecule has 0 saturated carbocycles. The number of methoxy groups -OCH3 is 1. The Morgan fingerprint density at radius 1 is 1.37 bits per heavy atom. The van der Waals surface area contributed by atoms with Crippen molar-refractivity contribution in [2.45, 2.75) is 24.3 Å². The zero-order chi connectivity index (χ0) is 22.1. The molecule has 30 heavy (non-hydrogen) atoms. The number of β-lactam (4-membered cyclic amide) rings is 1. The molecule has 1 aromatic rings. The van der Waals surface area contributed by atoms with Crippen LogP contribution < -0.4 is 5.32 Å². The predicted octanol–water partition coefficient (Wildman–Crippen LogP) is 0.135. The minimum Gasteiger partial charge on any atom is -0.477 e. The van der Waals surface area contributed by atoms with Crippen molar-refractivity contribution in [3.05, 3.63) is 33.7 Å². The number of esters is 2. The van der Waals surface area contributed by atoms with Crippen LogP contribution in [0.3, 0.4) is 0 Å². The van der Waals surface area contributed by atoms with Crippen LogP contribution >= 0.6 is 23.1 Å². The number of fused-ring (bicyclic) bond motifs is 1. The minimum absolute atomic E-state index is 0.0413. The Kier molecular flexibility index (Phi) is 6.17. The molecule has 1 saturated heterocycles. The molecule has 10 nitrogen and oxygen atoms in total. The Bertz CT molecular complexity index is 942. The van der Waals surface area contributed by atoms with Crippen LogP contribution in [0.25, 0.3) is 0 Å². The maximum absolute atomic E-state index is 13.0. The molecule has 2 amide bonds. The molecule has 2 aliphatic heterocycles. The van der Waals surface area contributed by atoms with Crippen LogP contribution in [0.2, 0.25) is 0 Å². The molecule has 0 aliphatic carbocycles. The zero-order valence-electron chi connectivity index (χ0n) is 16.0. The van der Waals surface area contributed by atoms with Gasteiger partial charge < -0.3 is 19.9 Å². The number of ether oxygens (including phenoxy) is 2. The zero-order valence-corrected chi connectivity index (χ0v) is 17.6. The van der Waals surface area contributed by atoms with Gasteiger partial charge in [-0.25, -0.2) is 9.59 Å². The number of aliphatic carboxylic acids is 1. The summed E-state index contributed by atoms with van der Waals surface area (Å²) in [5.41, 5.74) is -2.17. The summed E-state index contributed by atoms with van der Waals surface area (Å²) in [6.07, 6.45) is -0.0413. The van der Waals surface area contributed by atoms with E-state index < -0.39 is 40.6 Å². The molecule has 2 atom stereocenters. The summed E-state index contributed by atoms with van der Waals surface area (Å²) in [5.74, 6) is -4.37. The number of rotatable bonds is 7. The van der Waals surface area contributed by atoms with E-state index in [1.54, 1.807) is 17.5 Å². The first-order valence-corrected chi connectivity index (χ1v) is 10.6. The minimum atomic E-state index is -2.03. The van der Waals surface area contributed by atoms with Gasteiger partial charge in [-0.05, 0) is 11.4 Å². The van der Waals surface area contributed by atoms with Crippen molar-refractivity contribution in [2.24, 2.45) is 0 Å². The topological polar surface area (TPSA) is 139 Å². The Balaban J connectivity index is 1.90. The van der Waals surface area contributed by atoms with E-state index in [0.717, 1.165) is 28.6 Å². The summed E-state index contributed by atoms with van der Waals surface area (Å²) < 4.78 is 9.65. The van der Waals surface area contributed by atoms with Crippen molar-refractivity contribution in [1.82, 2.24) is 10.2 Å². The fourth-order valence-electron chi connectivity index (χ4n) is 3.27. The quantitative estimate of drug-likeness (QED) is 0.334. The van der Waals surface area contributed by atoms with Crippen LogP contribution in [-0.2, 0) is 39.9 Å². The predicted molar refractivity (Wildman–Crippen MR) is 105 cm³/mol. The molecule has 0 radical (unpaired) electrons. The van der Waals surface area contributed by atoms with Crippen molar-refractivity contribution >= 4 is 52.8 Å². The van der Waals surface area contributed by atoms with Crippen LogP contribution in [0.15, 0.2) is 28.8 Å². The highest BCUT2D eigenvalue weighted by atomic mass is 32.2. The molecule has 0 spiro atoms. The molecule has 2 N–H and O–H groups in total. The molecular formula is C18H18N2O8S2. The first kappa shape index (κ1) is 21.8. The number of carboxylic acid groups (broad SMARTS) is 1. The standard InChI is InChI=1S/C18H18N2O8S2/c1-9(21)28-7-10-8-30-16-18(17(26)27-2,15(25)20(16)13(10)14(23)24)19-12(22)6-11-4-3-5-29-11/h3-5,16H,6-8H2,1-2H3,(H,19,22)(H,23,24)/t16-,18-/m1/s1. The Morgan fingerprint density at radius 2 is 2.10 bits per heavy atom. The van der Waals surface area contributed by atoms with Gasteiger partial charge in [0.15, 0.2) is 0 Å². The van der Waals surface area contributed by atoms with Crippen LogP contribution in [0.1, 0.15) is 11.8 Å². The van der Waals surface area contributed by atoms with Gasteiger partial charge in [0.25, 0.3) is 5.91 Å². The molecule has 12 heteroatoms. The second-order valence-electron chi connectivity index (χ2n) is 6.48. The fourth-order valence-corrected chi connectivity index (χ4v) is 5.41. The number of carbonyl (C=O) groups excluding carboxylic acids is 4. The molecule has 2 aliphatic rings. The summed E-state index contributed by atoms with van der Waals surface area (Å²) in [5, 5.41) is 12.9. The van der Waals surface area contributed by atoms with Gasteiger partial charge in [-0.3, -0.25) is 19.3 Å². The van der Waals surface area contributed by atoms with E-state index in [9.17, 15) is 29.1 Å². The molecule has 0 aromatic carbocycles. The maximum atomic E-state index is 13.0. The summed E-state index contributed by atoms with van der Waals surface area (Å²) in [6.45, 7) is 0.885. The molecular weight excluding hydrogens is 436 g/mol. The largest absolute Gasteiger partial charge is 0.477 e. The second kappa shape index (κ2) is 8.48. The molecule has 0 unspecified atom stereocenters. The number of nitrogens with one attached hydrogen (secondary N) is 1. The molecule has 3 rings (SSSR count). The number of hydrogen-bond donors (Lipinski definition) is 2. The normalized spacial score (nSPS) is 22.7. The third-order valence-corrected chi connectivity index (χ3v) is 6.84. The fraction of sp³-hybridized carbons (Fsp3) is 0.389. The number of amides is 2. The van der Waals surface area contributed by atoms with Gasteiger partial charge in [-0.15, -0.1) is 23.1 Å². The van der Waals surface area contributed by atoms with Crippen molar-refractivity contribution in [3.8, 4) is 0 Å². The molecule has 1 aromatic heterocycles. The van der Waals surface area contributed by atoms with Crippen molar-refractivity contribution < 1.29 is 38.6 Å². The van der Waals surface area contributed by atoms with Crippen molar-refractivity contribution in [3.63, 3.8) is 0 Å². The summed E-state index contributed by atoms with van der Waals surface area (Å²) >= 11 is 2.43. The summed E-state index contributed by atoms with van der Waals surface area (Å²) in [4.78, 5) is 62.7. The SMILES string of the molecule is COC(=O)[C@@]1(NC(=O)Cc2cccs2)C(=O)N2C(C(=O)O)=C(COC(C)=O)CS[C@@H]21. The smallest absolute Gasteiger partial charge is 0.352 e. The lowest BCUT2D eigenvalue weighted by Crippen LogP contribution is -2.83. The van der Waals surface area contributed by atoms with Crippen LogP contribution in [0, 0.1) is 0 Å². The van der Waals surface area contributed by atoms with Gasteiger partial charge in [0.05, 0.1) is 13.5 Å². The van der Waals surface area contributed by atoms with Crippen LogP contribution in [-0.4, -0.2) is 70.1 Å². The van der Waals surface area contributed by atoms with E-state index in [-0.39, 0.29) is 30.1 Å². The number of carbonyl (C=O) groups is 5. The monoisotopic (exact) mass is 454 g/mol. The van der Waals surface area contributed by atoms with E-state index >= 15 is 0 Å². The molecule has 0 bridgehead atoms. The lowest BCUT2D eigenvalue weighted by Gasteiger charge is -2.55. The number of nitrogens with zero attached hydrogens (tertiary/aromatic N) is 1. The van der Waals surface area contributed by atoms with Gasteiger partial charge in [-0.1, -0.05) is 6.07 Å². The van der Waals surface area contributed by atoms with Crippen LogP contribution in [0.4, 0.5) is 0 Å². The van der Waals surface area contributed by atoms with E-state index in [4.69, 9.17) is 9.47 Å². The van der Waals surface area contributed by atoms with Gasteiger partial charge in [0.2, 0.25) is 11.4 Å². The van der Waals surface area contributed by atoms with E-state index in [1.807, 2.05) is 0 Å². The second-order valence-corrected chi connectivity index (χ2v) is 8.58. The molecule has 160 valence electrons. The first-order chi connectivity index (χ1) is 14.2. The van der Waals surface area contributed by atoms with E-state index in [1.165, 1.54) is 18.3 Å². The Morgan fingerprint density at radius 3 is 2.67 bits per heavy atom.